The van der Waals surface area contributed by atoms with Crippen LogP contribution in [0.1, 0.15) is 101 Å². The third-order valence-corrected chi connectivity index (χ3v) is 26.1. The van der Waals surface area contributed by atoms with Crippen molar-refractivity contribution in [2.75, 3.05) is 85.5 Å². The summed E-state index contributed by atoms with van der Waals surface area (Å²) in [5.41, 5.74) is 12.5. The van der Waals surface area contributed by atoms with Crippen LogP contribution < -0.4 is 58.1 Å². The number of nitrogens with two attached hydrogens (primary N) is 1. The maximum atomic E-state index is 15.2. The molecule has 706 valence electrons. The molecule has 0 amide bonds. The van der Waals surface area contributed by atoms with E-state index in [4.69, 9.17) is 10.3 Å². The fourth-order valence-electron chi connectivity index (χ4n) is 18.7. The molecule has 15 heterocycles. The highest BCUT2D eigenvalue weighted by atomic mass is 19.1. The van der Waals surface area contributed by atoms with Gasteiger partial charge in [-0.05, 0) is 195 Å². The van der Waals surface area contributed by atoms with Gasteiger partial charge in [0.2, 0.25) is 33.4 Å². The Hall–Kier alpha value is -16.8. The number of pyridine rings is 5. The molecule has 17 aromatic rings. The minimum absolute atomic E-state index is 0.0266. The number of hydrogen-bond acceptors (Lipinski definition) is 23. The monoisotopic (exact) mass is 1880 g/mol. The Kier molecular flexibility index (Phi) is 25.5. The third-order valence-electron chi connectivity index (χ3n) is 26.1. The zero-order valence-electron chi connectivity index (χ0n) is 74.5. The van der Waals surface area contributed by atoms with Crippen molar-refractivity contribution in [2.24, 2.45) is 29.4 Å². The molecule has 10 aromatic heterocycles. The van der Waals surface area contributed by atoms with Gasteiger partial charge in [0.15, 0.2) is 0 Å². The van der Waals surface area contributed by atoms with E-state index in [0.717, 1.165) is 115 Å². The molecule has 5 atom stereocenters. The number of aromatic nitrogens is 15. The van der Waals surface area contributed by atoms with Crippen LogP contribution in [0.3, 0.4) is 0 Å². The molecule has 3 unspecified atom stereocenters. The normalized spacial score (nSPS) is 16.1. The van der Waals surface area contributed by atoms with Crippen molar-refractivity contribution in [3.8, 4) is 28.5 Å². The maximum Gasteiger partial charge on any atom is 0.341 e. The number of halogens is 4. The number of nitrogens with one attached hydrogen (secondary N) is 4. The molecular weight excluding hydrogens is 1790 g/mol. The average molecular weight is 1880 g/mol. The van der Waals surface area contributed by atoms with Gasteiger partial charge in [-0.15, -0.1) is 0 Å². The van der Waals surface area contributed by atoms with E-state index in [-0.39, 0.29) is 38.9 Å². The second kappa shape index (κ2) is 38.9. The molecule has 10 N–H and O–H groups in total. The van der Waals surface area contributed by atoms with Crippen molar-refractivity contribution >= 4 is 90.2 Å². The summed E-state index contributed by atoms with van der Waals surface area (Å²) in [5.74, 6) is -5.51. The predicted molar refractivity (Wildman–Crippen MR) is 509 cm³/mol. The zero-order valence-corrected chi connectivity index (χ0v) is 74.5. The number of benzene rings is 7. The van der Waals surface area contributed by atoms with E-state index in [1.54, 1.807) is 113 Å². The van der Waals surface area contributed by atoms with Gasteiger partial charge in [0.05, 0.1) is 80.3 Å². The summed E-state index contributed by atoms with van der Waals surface area (Å²) in [5, 5.41) is 71.9. The van der Waals surface area contributed by atoms with Gasteiger partial charge in [-0.3, -0.25) is 29.3 Å². The fourth-order valence-corrected chi connectivity index (χ4v) is 18.7. The molecule has 0 radical (unpaired) electrons. The fraction of sp³-hybridized carbons (Fsp3) is 0.230. The van der Waals surface area contributed by atoms with Crippen molar-refractivity contribution in [1.29, 1.82) is 0 Å². The van der Waals surface area contributed by atoms with Crippen LogP contribution in [0.2, 0.25) is 0 Å². The minimum Gasteiger partial charge on any atom is -0.477 e. The van der Waals surface area contributed by atoms with Crippen molar-refractivity contribution in [1.82, 2.24) is 83.6 Å². The van der Waals surface area contributed by atoms with E-state index in [9.17, 15) is 63.2 Å². The summed E-state index contributed by atoms with van der Waals surface area (Å²) < 4.78 is 77.8. The Balaban J connectivity index is 0.000000118. The van der Waals surface area contributed by atoms with E-state index >= 15 is 13.2 Å². The van der Waals surface area contributed by atoms with Crippen LogP contribution in [0.5, 0.6) is 0 Å². The van der Waals surface area contributed by atoms with Gasteiger partial charge in [-0.1, -0.05) is 41.6 Å². The molecule has 39 heteroatoms. The van der Waals surface area contributed by atoms with E-state index in [1.165, 1.54) is 30.9 Å². The van der Waals surface area contributed by atoms with Gasteiger partial charge in [0.25, 0.3) is 0 Å². The smallest absolute Gasteiger partial charge is 0.341 e. The molecule has 0 aliphatic carbocycles. The summed E-state index contributed by atoms with van der Waals surface area (Å²) >= 11 is 0. The van der Waals surface area contributed by atoms with Gasteiger partial charge in [-0.25, -0.2) is 50.8 Å². The molecule has 5 aliphatic rings. The van der Waals surface area contributed by atoms with E-state index in [2.05, 4.69) is 56.6 Å². The Labute approximate surface area is 785 Å². The highest BCUT2D eigenvalue weighted by Crippen LogP contribution is 2.38. The number of aromatic amines is 1. The van der Waals surface area contributed by atoms with Gasteiger partial charge in [-0.2, -0.15) is 25.4 Å². The number of carbonyl (C=O) groups is 4. The van der Waals surface area contributed by atoms with E-state index < -0.39 is 91.6 Å². The Morgan fingerprint density at radius 2 is 0.957 bits per heavy atom. The molecular formula is C100H90F4N22O13. The van der Waals surface area contributed by atoms with Gasteiger partial charge in [0.1, 0.15) is 51.6 Å². The SMILES string of the molecule is CC(c1nc(-c2ccncc2)no1)n1cc(C(=O)O)c(=O)c2cc(F)c(N3CC[C@@H](CN)C3)cc21.O=C(O)c1cn(Cc2ccc(-n3cccn3)cc2)c2cc(N3CC4CNCC4C3)c(F)cc2c1=O.O=C(O)c1cn(Cc2ccc(-n3cccn3)cc2)c2cc(N3Cc4cn[nH]c4C3)c(F)cc2c1=O.O=C(O)c1cn(Cc2ccc(-n3cccn3)cc2)c2cc(NC[C@H]3CCNC3)c(F)cc2c1=O. The summed E-state index contributed by atoms with van der Waals surface area (Å²) in [4.78, 5) is 113. The zero-order chi connectivity index (χ0) is 96.6. The van der Waals surface area contributed by atoms with Crippen molar-refractivity contribution in [3.05, 3.63) is 352 Å². The van der Waals surface area contributed by atoms with Crippen LogP contribution in [-0.4, -0.2) is 183 Å². The number of carboxylic acid groups (broad SMARTS) is 4. The lowest BCUT2D eigenvalue weighted by atomic mass is 10.0. The second-order valence-electron chi connectivity index (χ2n) is 34.9. The average Bonchev–Trinajstić information content (AvgIpc) is 1.45. The standard InChI is InChI=1S/C26H24FN5O3.C25H19FN6O3.C25H24FN5O3.C24H23FN6O4/c27-22-8-20-23(9-24(22)31-13-17-10-28-11-18(17)14-31)30(15-21(25(20)33)26(34)35)12-16-2-4-19(5-3-16)32-7-1-6-29-32;26-20-8-18-22(9-23(20)31-12-16-10-27-29-21(16)14-31)30(13-19(24(18)33)25(34)35)11-15-2-4-17(5-3-15)32-7-1-6-28-32;26-21-10-19-23(11-22(21)28-13-17-6-8-27-12-17)30(15-20(24(19)32)25(33)34)14-16-2-4-18(5-3-16)31-9-1-7-29-31;1-13(23-28-22(29-35-23)15-2-5-27-6-3-15)31-12-17(24(33)34)21(32)16-8-18(25)20(9-19(16)31)30-7-4-14(10-26)11-30/h1-9,15,17-18,28H,10-14H2,(H,34,35);1-10,13H,11-12,14H2,(H,27,29)(H,34,35);1-5,7,9-11,15,17,27-28H,6,8,12-14H2,(H,33,34);2-3,5-6,8-9,12-14H,4,7,10-11,26H2,1H3,(H,33,34)/t;;17-;13?,14-/m..00/s1. The summed E-state index contributed by atoms with van der Waals surface area (Å²) in [6, 6.07) is 42.4. The number of carboxylic acids is 4. The molecule has 0 bridgehead atoms. The van der Waals surface area contributed by atoms with Gasteiger partial charge >= 0.3 is 23.9 Å². The molecule has 4 saturated heterocycles. The Morgan fingerprint density at radius 1 is 0.504 bits per heavy atom. The van der Waals surface area contributed by atoms with Crippen LogP contribution in [0.25, 0.3) is 72.1 Å². The predicted octanol–water partition coefficient (Wildman–Crippen LogP) is 11.8. The molecule has 0 saturated carbocycles. The largest absolute Gasteiger partial charge is 0.477 e. The highest BCUT2D eigenvalue weighted by molar-refractivity contribution is 5.97. The number of hydrogen-bond donors (Lipinski definition) is 9. The van der Waals surface area contributed by atoms with Gasteiger partial charge in [0, 0.05) is 179 Å². The molecule has 139 heavy (non-hydrogen) atoms. The Morgan fingerprint density at radius 3 is 1.40 bits per heavy atom. The van der Waals surface area contributed by atoms with Crippen molar-refractivity contribution < 1.29 is 61.7 Å². The summed E-state index contributed by atoms with van der Waals surface area (Å²) in [6.07, 6.45) is 22.7. The lowest BCUT2D eigenvalue weighted by molar-refractivity contribution is 0.0684. The first-order valence-electron chi connectivity index (χ1n) is 44.9. The number of H-pyrrole nitrogens is 1. The number of nitrogens with zero attached hydrogens (tertiary/aromatic N) is 17. The first kappa shape index (κ1) is 91.3. The van der Waals surface area contributed by atoms with Crippen LogP contribution in [0, 0.1) is 46.9 Å². The minimum atomic E-state index is -1.41. The van der Waals surface area contributed by atoms with Crippen molar-refractivity contribution in [3.63, 3.8) is 0 Å². The number of rotatable bonds is 23. The molecule has 35 nitrogen and oxygen atoms in total. The number of fused-ring (bicyclic) bond motifs is 6. The second-order valence-corrected chi connectivity index (χ2v) is 34.9. The Bertz CT molecular complexity index is 7770. The van der Waals surface area contributed by atoms with Crippen LogP contribution >= 0.6 is 0 Å². The number of aromatic carboxylic acids is 4. The van der Waals surface area contributed by atoms with E-state index in [0.29, 0.717) is 133 Å². The number of anilines is 4. The van der Waals surface area contributed by atoms with E-state index in [1.807, 2.05) is 124 Å². The third kappa shape index (κ3) is 18.9. The van der Waals surface area contributed by atoms with Crippen LogP contribution in [0.4, 0.5) is 40.3 Å². The first-order valence-corrected chi connectivity index (χ1v) is 44.9. The molecule has 22 rings (SSSR count). The molecule has 0 spiro atoms. The molecule has 7 aromatic carbocycles. The van der Waals surface area contributed by atoms with Crippen molar-refractivity contribution in [2.45, 2.75) is 58.5 Å². The molecule has 5 aliphatic heterocycles. The van der Waals surface area contributed by atoms with Crippen LogP contribution in [-0.2, 0) is 32.7 Å². The lowest BCUT2D eigenvalue weighted by Gasteiger charge is -2.22. The maximum absolute atomic E-state index is 15.2. The molecule has 4 fully saturated rings. The quantitative estimate of drug-likeness (QED) is 0.0269. The van der Waals surface area contributed by atoms with Gasteiger partial charge < -0.3 is 79.6 Å². The summed E-state index contributed by atoms with van der Waals surface area (Å²) in [7, 11) is 0. The first-order chi connectivity index (χ1) is 67.3. The lowest BCUT2D eigenvalue weighted by Crippen LogP contribution is -2.27. The summed E-state index contributed by atoms with van der Waals surface area (Å²) in [6.45, 7) is 11.2. The topological polar surface area (TPSA) is 443 Å². The van der Waals surface area contributed by atoms with Crippen LogP contribution in [0.15, 0.2) is 256 Å². The highest BCUT2D eigenvalue weighted by Gasteiger charge is 2.38.